The van der Waals surface area contributed by atoms with Gasteiger partial charge in [-0.3, -0.25) is 9.59 Å². The van der Waals surface area contributed by atoms with Crippen LogP contribution in [0.25, 0.3) is 5.65 Å². The lowest BCUT2D eigenvalue weighted by Gasteiger charge is -2.09. The molecular weight excluding hydrogens is 366 g/mol. The number of benzene rings is 1. The number of nitrogens with zero attached hydrogens (tertiary/aromatic N) is 2. The number of aromatic nitrogens is 2. The molecule has 4 aromatic rings. The topological polar surface area (TPSA) is 89.8 Å². The van der Waals surface area contributed by atoms with Crippen molar-refractivity contribution in [2.24, 2.45) is 0 Å². The predicted octanol–water partition coefficient (Wildman–Crippen LogP) is 3.73. The van der Waals surface area contributed by atoms with Crippen molar-refractivity contribution in [2.45, 2.75) is 17.6 Å². The van der Waals surface area contributed by atoms with Crippen molar-refractivity contribution in [1.82, 2.24) is 9.56 Å². The Morgan fingerprint density at radius 3 is 2.89 bits per heavy atom. The third-order valence-electron chi connectivity index (χ3n) is 3.78. The summed E-state index contributed by atoms with van der Waals surface area (Å²) in [6, 6.07) is 13.9. The predicted molar refractivity (Wildman–Crippen MR) is 101 cm³/mol. The molecule has 136 valence electrons. The van der Waals surface area contributed by atoms with Gasteiger partial charge in [0.15, 0.2) is 11.4 Å². The SMILES string of the molecule is Cc1cc2nc(CSc3ccccc3NC(=O)c3ccco3)cc(=O)n2o1. The molecule has 0 spiro atoms. The largest absolute Gasteiger partial charge is 0.459 e. The second kappa shape index (κ2) is 7.16. The first-order valence-electron chi connectivity index (χ1n) is 8.16. The number of carbonyl (C=O) groups excluding carboxylic acids is 1. The van der Waals surface area contributed by atoms with E-state index in [1.54, 1.807) is 25.1 Å². The summed E-state index contributed by atoms with van der Waals surface area (Å²) in [4.78, 5) is 29.6. The van der Waals surface area contributed by atoms with Crippen LogP contribution < -0.4 is 10.9 Å². The lowest BCUT2D eigenvalue weighted by Crippen LogP contribution is -2.13. The minimum atomic E-state index is -0.320. The van der Waals surface area contributed by atoms with E-state index in [1.165, 1.54) is 28.7 Å². The van der Waals surface area contributed by atoms with E-state index >= 15 is 0 Å². The Morgan fingerprint density at radius 2 is 2.07 bits per heavy atom. The summed E-state index contributed by atoms with van der Waals surface area (Å²) in [7, 11) is 0. The van der Waals surface area contributed by atoms with Crippen LogP contribution in [0.4, 0.5) is 5.69 Å². The van der Waals surface area contributed by atoms with E-state index in [-0.39, 0.29) is 17.2 Å². The number of hydrogen-bond donors (Lipinski definition) is 1. The standard InChI is InChI=1S/C19H15N3O4S/c1-12-9-17-20-13(10-18(23)22(17)26-12)11-27-16-7-3-2-5-14(16)21-19(24)15-6-4-8-25-15/h2-10H,11H2,1H3,(H,21,24). The number of furan rings is 1. The maximum absolute atomic E-state index is 12.2. The van der Waals surface area contributed by atoms with Gasteiger partial charge in [0.1, 0.15) is 5.76 Å². The Hall–Kier alpha value is -3.26. The van der Waals surface area contributed by atoms with E-state index in [0.717, 1.165) is 4.90 Å². The van der Waals surface area contributed by atoms with E-state index in [9.17, 15) is 9.59 Å². The molecule has 1 aromatic carbocycles. The van der Waals surface area contributed by atoms with Gasteiger partial charge < -0.3 is 14.3 Å². The summed E-state index contributed by atoms with van der Waals surface area (Å²) in [5.41, 5.74) is 1.52. The van der Waals surface area contributed by atoms with Crippen molar-refractivity contribution in [1.29, 1.82) is 0 Å². The second-order valence-electron chi connectivity index (χ2n) is 5.80. The van der Waals surface area contributed by atoms with E-state index in [4.69, 9.17) is 8.94 Å². The van der Waals surface area contributed by atoms with Gasteiger partial charge in [-0.15, -0.1) is 16.3 Å². The van der Waals surface area contributed by atoms with Crippen LogP contribution in [0.3, 0.4) is 0 Å². The molecule has 1 amide bonds. The van der Waals surface area contributed by atoms with Crippen LogP contribution in [0.15, 0.2) is 73.4 Å². The summed E-state index contributed by atoms with van der Waals surface area (Å²) < 4.78 is 11.6. The van der Waals surface area contributed by atoms with Crippen LogP contribution in [0.1, 0.15) is 22.0 Å². The molecule has 0 aliphatic carbocycles. The van der Waals surface area contributed by atoms with Crippen LogP contribution in [0.5, 0.6) is 0 Å². The zero-order chi connectivity index (χ0) is 18.8. The number of rotatable bonds is 5. The number of nitrogens with one attached hydrogen (secondary N) is 1. The molecule has 27 heavy (non-hydrogen) atoms. The van der Waals surface area contributed by atoms with Crippen molar-refractivity contribution in [2.75, 3.05) is 5.32 Å². The lowest BCUT2D eigenvalue weighted by atomic mass is 10.3. The third kappa shape index (κ3) is 3.65. The fourth-order valence-corrected chi connectivity index (χ4v) is 3.49. The Balaban J connectivity index is 1.53. The smallest absolute Gasteiger partial charge is 0.291 e. The number of anilines is 1. The van der Waals surface area contributed by atoms with Gasteiger partial charge in [-0.05, 0) is 31.2 Å². The molecule has 0 atom stereocenters. The molecule has 4 rings (SSSR count). The van der Waals surface area contributed by atoms with Gasteiger partial charge in [0.25, 0.3) is 11.5 Å². The highest BCUT2D eigenvalue weighted by Gasteiger charge is 2.12. The van der Waals surface area contributed by atoms with E-state index in [1.807, 2.05) is 24.3 Å². The number of aryl methyl sites for hydroxylation is 1. The number of carbonyl (C=O) groups is 1. The van der Waals surface area contributed by atoms with Crippen molar-refractivity contribution >= 4 is 29.0 Å². The first-order chi connectivity index (χ1) is 13.1. The molecule has 0 radical (unpaired) electrons. The van der Waals surface area contributed by atoms with Gasteiger partial charge >= 0.3 is 0 Å². The molecule has 3 aromatic heterocycles. The summed E-state index contributed by atoms with van der Waals surface area (Å²) >= 11 is 1.48. The monoisotopic (exact) mass is 381 g/mol. The summed E-state index contributed by atoms with van der Waals surface area (Å²) in [5, 5.41) is 2.84. The molecule has 0 aliphatic heterocycles. The van der Waals surface area contributed by atoms with Gasteiger partial charge in [-0.25, -0.2) is 4.98 Å². The molecule has 0 saturated carbocycles. The van der Waals surface area contributed by atoms with Crippen LogP contribution in [-0.4, -0.2) is 15.5 Å². The average Bonchev–Trinajstić information content (AvgIpc) is 3.30. The van der Waals surface area contributed by atoms with E-state index < -0.39 is 0 Å². The fourth-order valence-electron chi connectivity index (χ4n) is 2.59. The van der Waals surface area contributed by atoms with Gasteiger partial charge in [0, 0.05) is 22.8 Å². The highest BCUT2D eigenvalue weighted by atomic mass is 32.2. The molecule has 1 N–H and O–H groups in total. The van der Waals surface area contributed by atoms with Crippen molar-refractivity contribution < 1.29 is 13.7 Å². The Kier molecular flexibility index (Phi) is 4.55. The lowest BCUT2D eigenvalue weighted by molar-refractivity contribution is 0.0996. The van der Waals surface area contributed by atoms with E-state index in [0.29, 0.717) is 28.5 Å². The van der Waals surface area contributed by atoms with Crippen molar-refractivity contribution in [3.63, 3.8) is 0 Å². The first-order valence-corrected chi connectivity index (χ1v) is 9.15. The molecular formula is C19H15N3O4S. The molecule has 3 heterocycles. The van der Waals surface area contributed by atoms with Crippen LogP contribution >= 0.6 is 11.8 Å². The molecule has 0 bridgehead atoms. The molecule has 0 fully saturated rings. The molecule has 0 saturated heterocycles. The Labute approximate surface area is 158 Å². The number of para-hydroxylation sites is 1. The molecule has 8 heteroatoms. The summed E-state index contributed by atoms with van der Waals surface area (Å²) in [5.74, 6) is 1.02. The minimum Gasteiger partial charge on any atom is -0.459 e. The quantitative estimate of drug-likeness (QED) is 0.530. The number of fused-ring (bicyclic) bond motifs is 1. The number of amides is 1. The maximum Gasteiger partial charge on any atom is 0.291 e. The normalized spacial score (nSPS) is 11.0. The van der Waals surface area contributed by atoms with Crippen LogP contribution in [-0.2, 0) is 5.75 Å². The summed E-state index contributed by atoms with van der Waals surface area (Å²) in [6.45, 7) is 1.76. The van der Waals surface area contributed by atoms with Gasteiger partial charge in [-0.2, -0.15) is 0 Å². The van der Waals surface area contributed by atoms with E-state index in [2.05, 4.69) is 10.3 Å². The van der Waals surface area contributed by atoms with Crippen molar-refractivity contribution in [3.05, 3.63) is 82.4 Å². The fraction of sp³-hybridized carbons (Fsp3) is 0.105. The van der Waals surface area contributed by atoms with Gasteiger partial charge in [0.05, 0.1) is 17.6 Å². The van der Waals surface area contributed by atoms with Gasteiger partial charge in [-0.1, -0.05) is 12.1 Å². The Morgan fingerprint density at radius 1 is 1.22 bits per heavy atom. The average molecular weight is 381 g/mol. The zero-order valence-electron chi connectivity index (χ0n) is 14.3. The van der Waals surface area contributed by atoms with Crippen LogP contribution in [0.2, 0.25) is 0 Å². The highest BCUT2D eigenvalue weighted by molar-refractivity contribution is 7.98. The van der Waals surface area contributed by atoms with Crippen molar-refractivity contribution in [3.8, 4) is 0 Å². The second-order valence-corrected chi connectivity index (χ2v) is 6.82. The highest BCUT2D eigenvalue weighted by Crippen LogP contribution is 2.29. The van der Waals surface area contributed by atoms with Crippen LogP contribution in [0, 0.1) is 6.92 Å². The number of hydrogen-bond acceptors (Lipinski definition) is 6. The Bertz CT molecular complexity index is 1160. The molecule has 0 aliphatic rings. The maximum atomic E-state index is 12.2. The zero-order valence-corrected chi connectivity index (χ0v) is 15.2. The number of thioether (sulfide) groups is 1. The minimum absolute atomic E-state index is 0.241. The summed E-state index contributed by atoms with van der Waals surface area (Å²) in [6.07, 6.45) is 1.45. The molecule has 7 nitrogen and oxygen atoms in total. The third-order valence-corrected chi connectivity index (χ3v) is 4.89. The first kappa shape index (κ1) is 17.2. The molecule has 0 unspecified atom stereocenters. The van der Waals surface area contributed by atoms with Gasteiger partial charge in [0.2, 0.25) is 0 Å².